The molecule has 0 radical (unpaired) electrons. The van der Waals surface area contributed by atoms with Crippen molar-refractivity contribution < 1.29 is 9.53 Å². The first-order valence-electron chi connectivity index (χ1n) is 7.57. The highest BCUT2D eigenvalue weighted by Gasteiger charge is 2.36. The van der Waals surface area contributed by atoms with Crippen molar-refractivity contribution in [3.63, 3.8) is 0 Å². The fourth-order valence-electron chi connectivity index (χ4n) is 2.84. The second-order valence-electron chi connectivity index (χ2n) is 5.75. The summed E-state index contributed by atoms with van der Waals surface area (Å²) in [6, 6.07) is 9.03. The van der Waals surface area contributed by atoms with Crippen LogP contribution in [0.25, 0.3) is 0 Å². The van der Waals surface area contributed by atoms with Gasteiger partial charge in [0.25, 0.3) is 5.91 Å². The van der Waals surface area contributed by atoms with Gasteiger partial charge >= 0.3 is 0 Å². The van der Waals surface area contributed by atoms with Crippen LogP contribution in [-0.4, -0.2) is 24.1 Å². The first-order chi connectivity index (χ1) is 11.5. The number of carbonyl (C=O) groups excluding carboxylic acids is 1. The molecule has 0 spiro atoms. The number of amides is 1. The summed E-state index contributed by atoms with van der Waals surface area (Å²) in [4.78, 5) is 16.6. The zero-order valence-electron chi connectivity index (χ0n) is 12.9. The molecule has 24 heavy (non-hydrogen) atoms. The van der Waals surface area contributed by atoms with Crippen molar-refractivity contribution in [1.82, 2.24) is 10.3 Å². The zero-order valence-corrected chi connectivity index (χ0v) is 14.4. The maximum absolute atomic E-state index is 12.7. The minimum atomic E-state index is -0.506. The van der Waals surface area contributed by atoms with Gasteiger partial charge in [-0.3, -0.25) is 4.79 Å². The van der Waals surface area contributed by atoms with Gasteiger partial charge in [0.15, 0.2) is 0 Å². The number of anilines is 1. The third-order valence-electron chi connectivity index (χ3n) is 4.23. The maximum atomic E-state index is 12.7. The van der Waals surface area contributed by atoms with E-state index in [9.17, 15) is 4.79 Å². The molecule has 5 nitrogen and oxygen atoms in total. The Balaban J connectivity index is 1.90. The van der Waals surface area contributed by atoms with E-state index < -0.39 is 5.54 Å². The highest BCUT2D eigenvalue weighted by Crippen LogP contribution is 2.33. The number of aromatic nitrogens is 1. The molecule has 0 aliphatic carbocycles. The van der Waals surface area contributed by atoms with Crippen LogP contribution in [0.4, 0.5) is 5.82 Å². The molecule has 1 aromatic carbocycles. The summed E-state index contributed by atoms with van der Waals surface area (Å²) in [7, 11) is 0. The second kappa shape index (κ2) is 6.97. The normalized spacial score (nSPS) is 16.6. The number of nitrogens with two attached hydrogens (primary N) is 1. The summed E-state index contributed by atoms with van der Waals surface area (Å²) in [5.41, 5.74) is 6.46. The number of hydrogen-bond donors (Lipinski definition) is 2. The van der Waals surface area contributed by atoms with Crippen molar-refractivity contribution in [2.75, 3.05) is 18.9 Å². The Morgan fingerprint density at radius 3 is 2.50 bits per heavy atom. The van der Waals surface area contributed by atoms with Gasteiger partial charge in [-0.2, -0.15) is 0 Å². The fraction of sp³-hybridized carbons (Fsp3) is 0.294. The second-order valence-corrected chi connectivity index (χ2v) is 6.59. The average molecular weight is 366 g/mol. The molecule has 0 saturated carbocycles. The SMILES string of the molecule is Nc1ncc(C(=O)NC2(c3ccc(Cl)cc3)CCOCC2)cc1Cl. The number of halogens is 2. The Kier molecular flexibility index (Phi) is 4.94. The lowest BCUT2D eigenvalue weighted by molar-refractivity contribution is 0.0345. The number of benzene rings is 1. The minimum Gasteiger partial charge on any atom is -0.382 e. The summed E-state index contributed by atoms with van der Waals surface area (Å²) >= 11 is 12.0. The molecule has 0 bridgehead atoms. The van der Waals surface area contributed by atoms with Crippen LogP contribution in [-0.2, 0) is 10.3 Å². The van der Waals surface area contributed by atoms with Gasteiger partial charge in [-0.05, 0) is 36.6 Å². The van der Waals surface area contributed by atoms with Gasteiger partial charge in [-0.1, -0.05) is 35.3 Å². The van der Waals surface area contributed by atoms with E-state index >= 15 is 0 Å². The molecule has 3 rings (SSSR count). The molecule has 1 aliphatic rings. The van der Waals surface area contributed by atoms with Gasteiger partial charge in [0.05, 0.1) is 16.1 Å². The van der Waals surface area contributed by atoms with Crippen LogP contribution < -0.4 is 11.1 Å². The Morgan fingerprint density at radius 2 is 1.88 bits per heavy atom. The predicted molar refractivity (Wildman–Crippen MR) is 94.3 cm³/mol. The smallest absolute Gasteiger partial charge is 0.253 e. The van der Waals surface area contributed by atoms with E-state index in [1.807, 2.05) is 24.3 Å². The van der Waals surface area contributed by atoms with Crippen molar-refractivity contribution in [1.29, 1.82) is 0 Å². The third kappa shape index (κ3) is 3.48. The molecule has 1 aromatic heterocycles. The molecule has 0 atom stereocenters. The third-order valence-corrected chi connectivity index (χ3v) is 4.78. The molecular formula is C17H17Cl2N3O2. The average Bonchev–Trinajstić information content (AvgIpc) is 2.58. The van der Waals surface area contributed by atoms with Crippen molar-refractivity contribution in [2.24, 2.45) is 0 Å². The molecular weight excluding hydrogens is 349 g/mol. The van der Waals surface area contributed by atoms with Crippen molar-refractivity contribution >= 4 is 34.9 Å². The van der Waals surface area contributed by atoms with Gasteiger partial charge in [-0.15, -0.1) is 0 Å². The van der Waals surface area contributed by atoms with E-state index in [1.165, 1.54) is 12.3 Å². The van der Waals surface area contributed by atoms with E-state index in [4.69, 9.17) is 33.7 Å². The van der Waals surface area contributed by atoms with Crippen molar-refractivity contribution in [3.8, 4) is 0 Å². The molecule has 3 N–H and O–H groups in total. The highest BCUT2D eigenvalue weighted by atomic mass is 35.5. The van der Waals surface area contributed by atoms with E-state index in [0.717, 1.165) is 5.56 Å². The highest BCUT2D eigenvalue weighted by molar-refractivity contribution is 6.33. The number of rotatable bonds is 3. The van der Waals surface area contributed by atoms with Gasteiger partial charge in [0.2, 0.25) is 0 Å². The fourth-order valence-corrected chi connectivity index (χ4v) is 3.13. The molecule has 7 heteroatoms. The number of nitrogens with zero attached hydrogens (tertiary/aromatic N) is 1. The van der Waals surface area contributed by atoms with E-state index in [0.29, 0.717) is 36.6 Å². The Bertz CT molecular complexity index is 744. The van der Waals surface area contributed by atoms with E-state index in [2.05, 4.69) is 10.3 Å². The topological polar surface area (TPSA) is 77.2 Å². The Labute approximate surface area is 150 Å². The van der Waals surface area contributed by atoms with Crippen LogP contribution in [0, 0.1) is 0 Å². The molecule has 0 unspecified atom stereocenters. The molecule has 1 aliphatic heterocycles. The summed E-state index contributed by atoms with van der Waals surface area (Å²) in [5, 5.41) is 4.04. The molecule has 2 heterocycles. The molecule has 2 aromatic rings. The van der Waals surface area contributed by atoms with Crippen LogP contribution in [0.15, 0.2) is 36.5 Å². The van der Waals surface area contributed by atoms with Crippen LogP contribution in [0.3, 0.4) is 0 Å². The lowest BCUT2D eigenvalue weighted by Crippen LogP contribution is -2.49. The maximum Gasteiger partial charge on any atom is 0.253 e. The Hall–Kier alpha value is -1.82. The predicted octanol–water partition coefficient (Wildman–Crippen LogP) is 3.41. The largest absolute Gasteiger partial charge is 0.382 e. The zero-order chi connectivity index (χ0) is 17.2. The van der Waals surface area contributed by atoms with Gasteiger partial charge in [0, 0.05) is 24.4 Å². The van der Waals surface area contributed by atoms with Crippen molar-refractivity contribution in [2.45, 2.75) is 18.4 Å². The van der Waals surface area contributed by atoms with Crippen LogP contribution >= 0.6 is 23.2 Å². The summed E-state index contributed by atoms with van der Waals surface area (Å²) in [6.07, 6.45) is 2.78. The number of pyridine rings is 1. The Morgan fingerprint density at radius 1 is 1.21 bits per heavy atom. The number of nitrogen functional groups attached to an aromatic ring is 1. The lowest BCUT2D eigenvalue weighted by atomic mass is 9.82. The quantitative estimate of drug-likeness (QED) is 0.873. The van der Waals surface area contributed by atoms with Crippen LogP contribution in [0.2, 0.25) is 10.0 Å². The lowest BCUT2D eigenvalue weighted by Gasteiger charge is -2.38. The molecule has 1 saturated heterocycles. The number of nitrogens with one attached hydrogen (secondary N) is 1. The summed E-state index contributed by atoms with van der Waals surface area (Å²) in [6.45, 7) is 1.15. The minimum absolute atomic E-state index is 0.201. The van der Waals surface area contributed by atoms with Crippen LogP contribution in [0.1, 0.15) is 28.8 Å². The standard InChI is InChI=1S/C17H17Cl2N3O2/c18-13-3-1-12(2-4-13)17(5-7-24-8-6-17)22-16(23)11-9-14(19)15(20)21-10-11/h1-4,9-10H,5-8H2,(H2,20,21)(H,22,23). The number of ether oxygens (including phenoxy) is 1. The number of hydrogen-bond acceptors (Lipinski definition) is 4. The summed E-state index contributed by atoms with van der Waals surface area (Å²) in [5.74, 6) is -0.0482. The van der Waals surface area contributed by atoms with E-state index in [-0.39, 0.29) is 16.7 Å². The van der Waals surface area contributed by atoms with Gasteiger partial charge in [-0.25, -0.2) is 4.98 Å². The first kappa shape index (κ1) is 17.0. The monoisotopic (exact) mass is 365 g/mol. The van der Waals surface area contributed by atoms with Gasteiger partial charge < -0.3 is 15.8 Å². The molecule has 1 fully saturated rings. The molecule has 126 valence electrons. The first-order valence-corrected chi connectivity index (χ1v) is 8.33. The van der Waals surface area contributed by atoms with E-state index in [1.54, 1.807) is 0 Å². The molecule has 1 amide bonds. The number of carbonyl (C=O) groups is 1. The van der Waals surface area contributed by atoms with Crippen molar-refractivity contribution in [3.05, 3.63) is 57.7 Å². The van der Waals surface area contributed by atoms with Crippen LogP contribution in [0.5, 0.6) is 0 Å². The summed E-state index contributed by atoms with van der Waals surface area (Å²) < 4.78 is 5.46. The van der Waals surface area contributed by atoms with Gasteiger partial charge in [0.1, 0.15) is 5.82 Å².